The van der Waals surface area contributed by atoms with Crippen LogP contribution >= 0.6 is 23.1 Å². The van der Waals surface area contributed by atoms with E-state index in [-0.39, 0.29) is 24.0 Å². The molecule has 0 spiro atoms. The van der Waals surface area contributed by atoms with Gasteiger partial charge in [0.25, 0.3) is 0 Å². The Balaban J connectivity index is 1.62. The van der Waals surface area contributed by atoms with Gasteiger partial charge in [0.15, 0.2) is 10.3 Å². The molecule has 8 nitrogen and oxygen atoms in total. The molecule has 31 heavy (non-hydrogen) atoms. The van der Waals surface area contributed by atoms with Gasteiger partial charge in [0.05, 0.1) is 17.9 Å². The van der Waals surface area contributed by atoms with Crippen LogP contribution in [0.4, 0.5) is 10.8 Å². The molecule has 3 aromatic rings. The summed E-state index contributed by atoms with van der Waals surface area (Å²) in [5, 5.41) is 17.0. The van der Waals surface area contributed by atoms with E-state index >= 15 is 0 Å². The molecule has 1 aromatic carbocycles. The molecule has 2 heterocycles. The second-order valence-corrected chi connectivity index (χ2v) is 8.75. The standard InChI is InChI=1S/C21H24N6O2S2/c1-5-8-27-17(10-18(28)23-16-7-6-13(2)14(3)9-16)25-26-21(27)31-12-19(29)24-20-22-15(4)11-30-20/h5-7,9,11H,1,8,10,12H2,2-4H3,(H,23,28)(H,22,24,29). The Morgan fingerprint density at radius 2 is 1.97 bits per heavy atom. The number of amides is 2. The lowest BCUT2D eigenvalue weighted by atomic mass is 10.1. The second-order valence-electron chi connectivity index (χ2n) is 6.95. The number of carbonyl (C=O) groups is 2. The molecular weight excluding hydrogens is 432 g/mol. The quantitative estimate of drug-likeness (QED) is 0.376. The smallest absolute Gasteiger partial charge is 0.236 e. The molecule has 0 bridgehead atoms. The third-order valence-electron chi connectivity index (χ3n) is 4.41. The zero-order valence-electron chi connectivity index (χ0n) is 17.6. The first-order valence-corrected chi connectivity index (χ1v) is 11.5. The Morgan fingerprint density at radius 1 is 1.16 bits per heavy atom. The third-order valence-corrected chi connectivity index (χ3v) is 6.25. The van der Waals surface area contributed by atoms with Crippen molar-refractivity contribution in [3.05, 3.63) is 58.9 Å². The minimum absolute atomic E-state index is 0.0684. The van der Waals surface area contributed by atoms with Crippen LogP contribution in [-0.2, 0) is 22.6 Å². The predicted octanol–water partition coefficient (Wildman–Crippen LogP) is 3.76. The minimum Gasteiger partial charge on any atom is -0.326 e. The lowest BCUT2D eigenvalue weighted by Crippen LogP contribution is -2.18. The maximum absolute atomic E-state index is 12.5. The predicted molar refractivity (Wildman–Crippen MR) is 125 cm³/mol. The van der Waals surface area contributed by atoms with Crippen LogP contribution in [0.2, 0.25) is 0 Å². The number of nitrogens with zero attached hydrogens (tertiary/aromatic N) is 4. The van der Waals surface area contributed by atoms with Crippen LogP contribution in [0.15, 0.2) is 41.4 Å². The lowest BCUT2D eigenvalue weighted by molar-refractivity contribution is -0.116. The van der Waals surface area contributed by atoms with Gasteiger partial charge in [0.2, 0.25) is 11.8 Å². The number of hydrogen-bond acceptors (Lipinski definition) is 7. The average Bonchev–Trinajstić information content (AvgIpc) is 3.29. The summed E-state index contributed by atoms with van der Waals surface area (Å²) in [6.45, 7) is 10.1. The summed E-state index contributed by atoms with van der Waals surface area (Å²) in [5.41, 5.74) is 3.88. The summed E-state index contributed by atoms with van der Waals surface area (Å²) in [6.07, 6.45) is 1.77. The van der Waals surface area contributed by atoms with E-state index < -0.39 is 0 Å². The minimum atomic E-state index is -0.186. The molecule has 0 atom stereocenters. The molecule has 0 aliphatic rings. The molecule has 0 fully saturated rings. The number of nitrogens with one attached hydrogen (secondary N) is 2. The van der Waals surface area contributed by atoms with E-state index in [0.717, 1.165) is 16.9 Å². The molecule has 162 valence electrons. The maximum atomic E-state index is 12.5. The highest BCUT2D eigenvalue weighted by molar-refractivity contribution is 7.99. The van der Waals surface area contributed by atoms with Crippen LogP contribution in [0.1, 0.15) is 22.6 Å². The number of hydrogen-bond donors (Lipinski definition) is 2. The first-order chi connectivity index (χ1) is 14.9. The van der Waals surface area contributed by atoms with Crippen molar-refractivity contribution >= 4 is 45.7 Å². The number of benzene rings is 1. The van der Waals surface area contributed by atoms with Crippen molar-refractivity contribution in [1.82, 2.24) is 19.7 Å². The number of allylic oxidation sites excluding steroid dienone is 1. The Hall–Kier alpha value is -2.98. The normalized spacial score (nSPS) is 10.7. The van der Waals surface area contributed by atoms with Gasteiger partial charge in [-0.25, -0.2) is 4.98 Å². The first-order valence-electron chi connectivity index (χ1n) is 9.60. The highest BCUT2D eigenvalue weighted by atomic mass is 32.2. The van der Waals surface area contributed by atoms with Crippen molar-refractivity contribution in [3.8, 4) is 0 Å². The van der Waals surface area contributed by atoms with E-state index in [9.17, 15) is 9.59 Å². The van der Waals surface area contributed by atoms with Crippen LogP contribution in [0.5, 0.6) is 0 Å². The molecule has 2 N–H and O–H groups in total. The number of thiazole rings is 1. The lowest BCUT2D eigenvalue weighted by Gasteiger charge is -2.09. The fraction of sp³-hybridized carbons (Fsp3) is 0.286. The highest BCUT2D eigenvalue weighted by Crippen LogP contribution is 2.20. The Bertz CT molecular complexity index is 1110. The molecule has 0 aliphatic heterocycles. The van der Waals surface area contributed by atoms with Crippen LogP contribution in [-0.4, -0.2) is 37.3 Å². The number of thioether (sulfide) groups is 1. The molecule has 2 aromatic heterocycles. The Labute approximate surface area is 189 Å². The highest BCUT2D eigenvalue weighted by Gasteiger charge is 2.17. The van der Waals surface area contributed by atoms with Crippen molar-refractivity contribution in [2.24, 2.45) is 0 Å². The monoisotopic (exact) mass is 456 g/mol. The van der Waals surface area contributed by atoms with Gasteiger partial charge < -0.3 is 15.2 Å². The van der Waals surface area contributed by atoms with E-state index in [1.54, 1.807) is 10.6 Å². The third kappa shape index (κ3) is 6.25. The molecular formula is C21H24N6O2S2. The molecule has 0 aliphatic carbocycles. The van der Waals surface area contributed by atoms with Crippen molar-refractivity contribution in [2.75, 3.05) is 16.4 Å². The van der Waals surface area contributed by atoms with Crippen molar-refractivity contribution in [3.63, 3.8) is 0 Å². The van der Waals surface area contributed by atoms with Gasteiger partial charge in [-0.05, 0) is 44.0 Å². The van der Waals surface area contributed by atoms with Crippen LogP contribution in [0.25, 0.3) is 0 Å². The summed E-state index contributed by atoms with van der Waals surface area (Å²) < 4.78 is 1.79. The topological polar surface area (TPSA) is 102 Å². The van der Waals surface area contributed by atoms with Gasteiger partial charge in [0, 0.05) is 17.6 Å². The molecule has 2 amide bonds. The van der Waals surface area contributed by atoms with Gasteiger partial charge in [-0.1, -0.05) is 23.9 Å². The second kappa shape index (κ2) is 10.4. The molecule has 0 saturated heterocycles. The number of aryl methyl sites for hydroxylation is 3. The summed E-state index contributed by atoms with van der Waals surface area (Å²) in [4.78, 5) is 28.9. The largest absolute Gasteiger partial charge is 0.326 e. The van der Waals surface area contributed by atoms with E-state index in [0.29, 0.717) is 22.7 Å². The van der Waals surface area contributed by atoms with Gasteiger partial charge in [-0.15, -0.1) is 28.1 Å². The number of aromatic nitrogens is 4. The molecule has 10 heteroatoms. The molecule has 3 rings (SSSR count). The van der Waals surface area contributed by atoms with Gasteiger partial charge in [0.1, 0.15) is 5.82 Å². The van der Waals surface area contributed by atoms with Gasteiger partial charge >= 0.3 is 0 Å². The SMILES string of the molecule is C=CCn1c(CC(=O)Nc2ccc(C)c(C)c2)nnc1SCC(=O)Nc1nc(C)cs1. The number of rotatable bonds is 9. The van der Waals surface area contributed by atoms with E-state index in [1.807, 2.05) is 44.4 Å². The first kappa shape index (κ1) is 22.7. The van der Waals surface area contributed by atoms with Crippen molar-refractivity contribution < 1.29 is 9.59 Å². The summed E-state index contributed by atoms with van der Waals surface area (Å²) >= 11 is 2.63. The maximum Gasteiger partial charge on any atom is 0.236 e. The van der Waals surface area contributed by atoms with Crippen molar-refractivity contribution in [1.29, 1.82) is 0 Å². The van der Waals surface area contributed by atoms with Gasteiger partial charge in [-0.3, -0.25) is 9.59 Å². The summed E-state index contributed by atoms with van der Waals surface area (Å²) in [5.74, 6) is 0.304. The van der Waals surface area contributed by atoms with Crippen LogP contribution < -0.4 is 10.6 Å². The average molecular weight is 457 g/mol. The number of anilines is 2. The van der Waals surface area contributed by atoms with Gasteiger partial charge in [-0.2, -0.15) is 0 Å². The zero-order chi connectivity index (χ0) is 22.4. The molecule has 0 radical (unpaired) electrons. The van der Waals surface area contributed by atoms with E-state index in [1.165, 1.54) is 28.7 Å². The Kier molecular flexibility index (Phi) is 7.59. The molecule has 0 saturated carbocycles. The summed E-state index contributed by atoms with van der Waals surface area (Å²) in [7, 11) is 0. The van der Waals surface area contributed by atoms with Crippen molar-refractivity contribution in [2.45, 2.75) is 38.9 Å². The fourth-order valence-electron chi connectivity index (χ4n) is 2.73. The van der Waals surface area contributed by atoms with E-state index in [4.69, 9.17) is 0 Å². The van der Waals surface area contributed by atoms with Crippen LogP contribution in [0, 0.1) is 20.8 Å². The zero-order valence-corrected chi connectivity index (χ0v) is 19.3. The Morgan fingerprint density at radius 3 is 2.65 bits per heavy atom. The van der Waals surface area contributed by atoms with Crippen LogP contribution in [0.3, 0.4) is 0 Å². The molecule has 0 unspecified atom stereocenters. The number of carbonyl (C=O) groups excluding carboxylic acids is 2. The van der Waals surface area contributed by atoms with E-state index in [2.05, 4.69) is 32.4 Å². The summed E-state index contributed by atoms with van der Waals surface area (Å²) in [6, 6.07) is 5.78. The fourth-order valence-corrected chi connectivity index (χ4v) is 4.20.